The summed E-state index contributed by atoms with van der Waals surface area (Å²) in [5, 5.41) is 4.50. The maximum atomic E-state index is 4.57. The fourth-order valence-electron chi connectivity index (χ4n) is 1.85. The van der Waals surface area contributed by atoms with Crippen LogP contribution in [0.4, 0.5) is 0 Å². The molecule has 0 atom stereocenters. The summed E-state index contributed by atoms with van der Waals surface area (Å²) < 4.78 is 0. The molecule has 20 heavy (non-hydrogen) atoms. The van der Waals surface area contributed by atoms with Crippen molar-refractivity contribution in [2.24, 2.45) is 5.92 Å². The van der Waals surface area contributed by atoms with Crippen molar-refractivity contribution in [1.29, 1.82) is 0 Å². The van der Waals surface area contributed by atoms with Crippen LogP contribution in [0.1, 0.15) is 25.0 Å². The largest absolute Gasteiger partial charge is 0.312 e. The molecule has 3 nitrogen and oxygen atoms in total. The fourth-order valence-corrected chi connectivity index (χ4v) is 2.65. The van der Waals surface area contributed by atoms with Gasteiger partial charge in [-0.05, 0) is 42.6 Å². The average molecular weight is 287 g/mol. The number of aromatic nitrogens is 2. The van der Waals surface area contributed by atoms with Crippen LogP contribution in [0.5, 0.6) is 0 Å². The molecule has 0 aromatic carbocycles. The minimum Gasteiger partial charge on any atom is -0.312 e. The van der Waals surface area contributed by atoms with Crippen LogP contribution >= 0.6 is 11.8 Å². The van der Waals surface area contributed by atoms with Crippen molar-refractivity contribution in [3.63, 3.8) is 0 Å². The van der Waals surface area contributed by atoms with Crippen molar-refractivity contribution in [2.45, 2.75) is 37.2 Å². The molecule has 0 aliphatic rings. The van der Waals surface area contributed by atoms with Gasteiger partial charge in [0.15, 0.2) is 0 Å². The third kappa shape index (κ3) is 4.62. The summed E-state index contributed by atoms with van der Waals surface area (Å²) in [4.78, 5) is 9.77. The SMILES string of the molecule is Cc1cc(CNCC(C)C)cnc1Sc1ccncc1. The maximum absolute atomic E-state index is 4.57. The van der Waals surface area contributed by atoms with E-state index in [9.17, 15) is 0 Å². The van der Waals surface area contributed by atoms with Crippen molar-refractivity contribution in [3.8, 4) is 0 Å². The molecule has 0 amide bonds. The lowest BCUT2D eigenvalue weighted by atomic mass is 10.2. The highest BCUT2D eigenvalue weighted by Crippen LogP contribution is 2.28. The second-order valence-electron chi connectivity index (χ2n) is 5.28. The van der Waals surface area contributed by atoms with E-state index in [2.05, 4.69) is 42.1 Å². The smallest absolute Gasteiger partial charge is 0.104 e. The highest BCUT2D eigenvalue weighted by Gasteiger charge is 2.04. The van der Waals surface area contributed by atoms with Crippen LogP contribution in [0.3, 0.4) is 0 Å². The summed E-state index contributed by atoms with van der Waals surface area (Å²) in [6, 6.07) is 6.22. The van der Waals surface area contributed by atoms with Gasteiger partial charge >= 0.3 is 0 Å². The molecule has 2 aromatic heterocycles. The third-order valence-corrected chi connectivity index (χ3v) is 3.96. The van der Waals surface area contributed by atoms with E-state index in [1.54, 1.807) is 11.8 Å². The van der Waals surface area contributed by atoms with Gasteiger partial charge in [0.05, 0.1) is 0 Å². The summed E-state index contributed by atoms with van der Waals surface area (Å²) in [7, 11) is 0. The molecule has 106 valence electrons. The van der Waals surface area contributed by atoms with Crippen LogP contribution in [0, 0.1) is 12.8 Å². The number of hydrogen-bond donors (Lipinski definition) is 1. The predicted molar refractivity (Wildman–Crippen MR) is 83.9 cm³/mol. The Morgan fingerprint density at radius 2 is 2.00 bits per heavy atom. The first kappa shape index (κ1) is 15.0. The van der Waals surface area contributed by atoms with Gasteiger partial charge in [0.25, 0.3) is 0 Å². The van der Waals surface area contributed by atoms with Crippen molar-refractivity contribution >= 4 is 11.8 Å². The average Bonchev–Trinajstić information content (AvgIpc) is 2.42. The lowest BCUT2D eigenvalue weighted by molar-refractivity contribution is 0.551. The Labute approximate surface area is 125 Å². The molecule has 2 rings (SSSR count). The van der Waals surface area contributed by atoms with Gasteiger partial charge in [-0.2, -0.15) is 0 Å². The monoisotopic (exact) mass is 287 g/mol. The van der Waals surface area contributed by atoms with Crippen LogP contribution in [0.15, 0.2) is 46.7 Å². The summed E-state index contributed by atoms with van der Waals surface area (Å²) in [5.41, 5.74) is 2.46. The first-order valence-corrected chi connectivity index (χ1v) is 7.71. The highest BCUT2D eigenvalue weighted by atomic mass is 32.2. The molecular formula is C16H21N3S. The molecule has 2 aromatic rings. The summed E-state index contributed by atoms with van der Waals surface area (Å²) in [5.74, 6) is 0.672. The molecule has 0 unspecified atom stereocenters. The predicted octanol–water partition coefficient (Wildman–Crippen LogP) is 3.68. The quantitative estimate of drug-likeness (QED) is 0.879. The van der Waals surface area contributed by atoms with E-state index >= 15 is 0 Å². The van der Waals surface area contributed by atoms with Crippen molar-refractivity contribution in [2.75, 3.05) is 6.54 Å². The van der Waals surface area contributed by atoms with Crippen LogP contribution in [0.25, 0.3) is 0 Å². The molecule has 0 fully saturated rings. The van der Waals surface area contributed by atoms with Gasteiger partial charge in [-0.1, -0.05) is 31.7 Å². The highest BCUT2D eigenvalue weighted by molar-refractivity contribution is 7.99. The van der Waals surface area contributed by atoms with Crippen molar-refractivity contribution < 1.29 is 0 Å². The number of hydrogen-bond acceptors (Lipinski definition) is 4. The first-order valence-electron chi connectivity index (χ1n) is 6.89. The molecule has 0 saturated carbocycles. The van der Waals surface area contributed by atoms with Crippen LogP contribution in [-0.2, 0) is 6.54 Å². The van der Waals surface area contributed by atoms with Gasteiger partial charge in [0.2, 0.25) is 0 Å². The number of pyridine rings is 2. The molecule has 0 radical (unpaired) electrons. The van der Waals surface area contributed by atoms with Crippen LogP contribution in [0.2, 0.25) is 0 Å². The fraction of sp³-hybridized carbons (Fsp3) is 0.375. The van der Waals surface area contributed by atoms with Gasteiger partial charge in [-0.3, -0.25) is 4.98 Å². The topological polar surface area (TPSA) is 37.8 Å². The molecule has 1 N–H and O–H groups in total. The Kier molecular flexibility index (Phi) is 5.56. The Bertz CT molecular complexity index is 541. The van der Waals surface area contributed by atoms with E-state index in [1.807, 2.05) is 30.7 Å². The standard InChI is InChI=1S/C16H21N3S/c1-12(2)9-18-10-14-8-13(3)16(19-11-14)20-15-4-6-17-7-5-15/h4-8,11-12,18H,9-10H2,1-3H3. The van der Waals surface area contributed by atoms with Crippen molar-refractivity contribution in [3.05, 3.63) is 47.9 Å². The van der Waals surface area contributed by atoms with Gasteiger partial charge in [-0.15, -0.1) is 0 Å². The zero-order valence-electron chi connectivity index (χ0n) is 12.3. The zero-order chi connectivity index (χ0) is 14.4. The second-order valence-corrected chi connectivity index (χ2v) is 6.34. The summed E-state index contributed by atoms with van der Waals surface area (Å²) in [6.07, 6.45) is 5.58. The number of aryl methyl sites for hydroxylation is 1. The molecule has 0 aliphatic carbocycles. The van der Waals surface area contributed by atoms with Gasteiger partial charge in [0.1, 0.15) is 5.03 Å². The van der Waals surface area contributed by atoms with E-state index in [0.717, 1.165) is 18.1 Å². The summed E-state index contributed by atoms with van der Waals surface area (Å²) >= 11 is 1.68. The lowest BCUT2D eigenvalue weighted by Crippen LogP contribution is -2.19. The third-order valence-electron chi connectivity index (χ3n) is 2.83. The van der Waals surface area contributed by atoms with E-state index in [1.165, 1.54) is 16.0 Å². The zero-order valence-corrected chi connectivity index (χ0v) is 13.1. The van der Waals surface area contributed by atoms with Crippen LogP contribution in [-0.4, -0.2) is 16.5 Å². The van der Waals surface area contributed by atoms with E-state index < -0.39 is 0 Å². The minimum absolute atomic E-state index is 0.672. The van der Waals surface area contributed by atoms with Crippen molar-refractivity contribution in [1.82, 2.24) is 15.3 Å². The number of nitrogens with zero attached hydrogens (tertiary/aromatic N) is 2. The van der Waals surface area contributed by atoms with Gasteiger partial charge in [0, 0.05) is 30.0 Å². The molecular weight excluding hydrogens is 266 g/mol. The molecule has 0 aliphatic heterocycles. The Balaban J connectivity index is 1.99. The first-order chi connectivity index (χ1) is 9.65. The second kappa shape index (κ2) is 7.41. The van der Waals surface area contributed by atoms with E-state index in [0.29, 0.717) is 5.92 Å². The molecule has 2 heterocycles. The lowest BCUT2D eigenvalue weighted by Gasteiger charge is -2.09. The maximum Gasteiger partial charge on any atom is 0.104 e. The molecule has 4 heteroatoms. The molecule has 0 saturated heterocycles. The van der Waals surface area contributed by atoms with Gasteiger partial charge in [-0.25, -0.2) is 4.98 Å². The Morgan fingerprint density at radius 3 is 2.65 bits per heavy atom. The number of rotatable bonds is 6. The Morgan fingerprint density at radius 1 is 1.25 bits per heavy atom. The van der Waals surface area contributed by atoms with Crippen LogP contribution < -0.4 is 5.32 Å². The minimum atomic E-state index is 0.672. The Hall–Kier alpha value is -1.39. The number of nitrogens with one attached hydrogen (secondary N) is 1. The van der Waals surface area contributed by atoms with E-state index in [4.69, 9.17) is 0 Å². The summed E-state index contributed by atoms with van der Waals surface area (Å²) in [6.45, 7) is 8.46. The van der Waals surface area contributed by atoms with Gasteiger partial charge < -0.3 is 5.32 Å². The normalized spacial score (nSPS) is 11.0. The van der Waals surface area contributed by atoms with E-state index in [-0.39, 0.29) is 0 Å². The molecule has 0 spiro atoms. The molecule has 0 bridgehead atoms.